The van der Waals surface area contributed by atoms with Crippen LogP contribution >= 0.6 is 0 Å². The summed E-state index contributed by atoms with van der Waals surface area (Å²) in [5, 5.41) is 0. The summed E-state index contributed by atoms with van der Waals surface area (Å²) in [4.78, 5) is 8.31. The number of fused-ring (bicyclic) bond motifs is 1. The van der Waals surface area contributed by atoms with E-state index in [0.717, 1.165) is 62.0 Å². The third-order valence-corrected chi connectivity index (χ3v) is 4.78. The summed E-state index contributed by atoms with van der Waals surface area (Å²) in [6.45, 7) is 5.02. The van der Waals surface area contributed by atoms with Crippen LogP contribution in [0, 0.1) is 0 Å². The molecule has 2 aliphatic heterocycles. The number of aromatic nitrogens is 1. The molecule has 144 valence electrons. The van der Waals surface area contributed by atoms with Gasteiger partial charge < -0.3 is 14.4 Å². The van der Waals surface area contributed by atoms with Gasteiger partial charge >= 0.3 is 6.18 Å². The van der Waals surface area contributed by atoms with Crippen LogP contribution < -0.4 is 14.4 Å². The Morgan fingerprint density at radius 2 is 1.67 bits per heavy atom. The van der Waals surface area contributed by atoms with Gasteiger partial charge in [0, 0.05) is 38.9 Å². The van der Waals surface area contributed by atoms with Gasteiger partial charge in [0.05, 0.1) is 5.56 Å². The van der Waals surface area contributed by atoms with E-state index < -0.39 is 11.7 Å². The van der Waals surface area contributed by atoms with Gasteiger partial charge in [-0.15, -0.1) is 0 Å². The molecule has 1 aromatic heterocycles. The summed E-state index contributed by atoms with van der Waals surface area (Å²) < 4.78 is 49.1. The summed E-state index contributed by atoms with van der Waals surface area (Å²) in [7, 11) is 0. The highest BCUT2D eigenvalue weighted by molar-refractivity contribution is 5.44. The van der Waals surface area contributed by atoms with Crippen LogP contribution in [-0.4, -0.2) is 49.3 Å². The number of nitrogens with zero attached hydrogens (tertiary/aromatic N) is 3. The average Bonchev–Trinajstić information content (AvgIpc) is 2.68. The molecule has 0 radical (unpaired) electrons. The molecule has 0 atom stereocenters. The van der Waals surface area contributed by atoms with E-state index >= 15 is 0 Å². The average molecular weight is 379 g/mol. The van der Waals surface area contributed by atoms with E-state index in [1.54, 1.807) is 0 Å². The van der Waals surface area contributed by atoms with Gasteiger partial charge in [-0.05, 0) is 29.8 Å². The van der Waals surface area contributed by atoms with E-state index in [4.69, 9.17) is 9.47 Å². The molecule has 2 aromatic rings. The first-order valence-corrected chi connectivity index (χ1v) is 8.88. The fraction of sp³-hybridized carbons (Fsp3) is 0.421. The monoisotopic (exact) mass is 379 g/mol. The van der Waals surface area contributed by atoms with E-state index in [9.17, 15) is 13.2 Å². The molecule has 8 heteroatoms. The number of hydrogen-bond donors (Lipinski definition) is 0. The normalized spacial score (nSPS) is 17.8. The molecule has 5 nitrogen and oxygen atoms in total. The van der Waals surface area contributed by atoms with Crippen LogP contribution in [0.1, 0.15) is 11.1 Å². The second-order valence-corrected chi connectivity index (χ2v) is 6.64. The quantitative estimate of drug-likeness (QED) is 0.819. The molecule has 3 heterocycles. The molecule has 0 amide bonds. The summed E-state index contributed by atoms with van der Waals surface area (Å²) in [5.74, 6) is 2.15. The van der Waals surface area contributed by atoms with Crippen LogP contribution in [0.2, 0.25) is 0 Å². The van der Waals surface area contributed by atoms with Crippen molar-refractivity contribution in [3.63, 3.8) is 0 Å². The van der Waals surface area contributed by atoms with Gasteiger partial charge in [0.15, 0.2) is 11.5 Å². The lowest BCUT2D eigenvalue weighted by Crippen LogP contribution is -2.46. The molecule has 4 rings (SSSR count). The third-order valence-electron chi connectivity index (χ3n) is 4.78. The summed E-state index contributed by atoms with van der Waals surface area (Å²) in [6.07, 6.45) is -3.45. The van der Waals surface area contributed by atoms with Gasteiger partial charge in [-0.2, -0.15) is 13.2 Å². The Morgan fingerprint density at radius 1 is 0.926 bits per heavy atom. The van der Waals surface area contributed by atoms with Crippen molar-refractivity contribution >= 4 is 5.82 Å². The largest absolute Gasteiger partial charge is 0.486 e. The van der Waals surface area contributed by atoms with Crippen molar-refractivity contribution in [2.75, 3.05) is 44.3 Å². The van der Waals surface area contributed by atoms with E-state index in [1.807, 2.05) is 23.1 Å². The molecular weight excluding hydrogens is 359 g/mol. The molecular formula is C19H20F3N3O2. The lowest BCUT2D eigenvalue weighted by molar-refractivity contribution is -0.137. The number of alkyl halides is 3. The zero-order valence-electron chi connectivity index (χ0n) is 14.7. The van der Waals surface area contributed by atoms with E-state index in [1.165, 1.54) is 6.07 Å². The number of piperazine rings is 1. The highest BCUT2D eigenvalue weighted by Crippen LogP contribution is 2.32. The topological polar surface area (TPSA) is 37.8 Å². The fourth-order valence-corrected chi connectivity index (χ4v) is 3.32. The Bertz CT molecular complexity index is 788. The third kappa shape index (κ3) is 4.10. The number of anilines is 1. The van der Waals surface area contributed by atoms with Gasteiger partial charge in [-0.3, -0.25) is 4.90 Å². The Hall–Kier alpha value is -2.48. The van der Waals surface area contributed by atoms with Crippen LogP contribution in [0.15, 0.2) is 36.5 Å². The SMILES string of the molecule is FC(F)(F)c1ccc(N2CCN(Cc3ccc4c(c3)OCCO4)CC2)nc1. The van der Waals surface area contributed by atoms with Gasteiger partial charge in [0.2, 0.25) is 0 Å². The summed E-state index contributed by atoms with van der Waals surface area (Å²) in [6, 6.07) is 8.52. The van der Waals surface area contributed by atoms with E-state index in [2.05, 4.69) is 9.88 Å². The maximum atomic E-state index is 12.6. The first kappa shape index (κ1) is 17.9. The Labute approximate surface area is 155 Å². The molecule has 1 fully saturated rings. The van der Waals surface area contributed by atoms with Gasteiger partial charge in [-0.25, -0.2) is 4.98 Å². The number of pyridine rings is 1. The zero-order chi connectivity index (χ0) is 18.9. The lowest BCUT2D eigenvalue weighted by Gasteiger charge is -2.35. The predicted octanol–water partition coefficient (Wildman–Crippen LogP) is 3.19. The van der Waals surface area contributed by atoms with Gasteiger partial charge in [-0.1, -0.05) is 6.07 Å². The highest BCUT2D eigenvalue weighted by Gasteiger charge is 2.31. The predicted molar refractivity (Wildman–Crippen MR) is 94.2 cm³/mol. The van der Waals surface area contributed by atoms with Crippen molar-refractivity contribution < 1.29 is 22.6 Å². The van der Waals surface area contributed by atoms with Crippen molar-refractivity contribution in [2.45, 2.75) is 12.7 Å². The maximum absolute atomic E-state index is 12.6. The zero-order valence-corrected chi connectivity index (χ0v) is 14.7. The number of benzene rings is 1. The first-order valence-electron chi connectivity index (χ1n) is 8.88. The smallest absolute Gasteiger partial charge is 0.417 e. The van der Waals surface area contributed by atoms with Crippen LogP contribution in [-0.2, 0) is 12.7 Å². The van der Waals surface area contributed by atoms with Crippen molar-refractivity contribution in [2.24, 2.45) is 0 Å². The second kappa shape index (κ2) is 7.26. The minimum atomic E-state index is -4.35. The van der Waals surface area contributed by atoms with Crippen LogP contribution in [0.4, 0.5) is 19.0 Å². The summed E-state index contributed by atoms with van der Waals surface area (Å²) in [5.41, 5.74) is 0.434. The van der Waals surface area contributed by atoms with E-state index in [-0.39, 0.29) is 0 Å². The molecule has 0 spiro atoms. The number of rotatable bonds is 3. The maximum Gasteiger partial charge on any atom is 0.417 e. The number of ether oxygens (including phenoxy) is 2. The molecule has 27 heavy (non-hydrogen) atoms. The number of hydrogen-bond acceptors (Lipinski definition) is 5. The summed E-state index contributed by atoms with van der Waals surface area (Å²) >= 11 is 0. The van der Waals surface area contributed by atoms with Crippen LogP contribution in [0.25, 0.3) is 0 Å². The Kier molecular flexibility index (Phi) is 4.82. The minimum Gasteiger partial charge on any atom is -0.486 e. The van der Waals surface area contributed by atoms with E-state index in [0.29, 0.717) is 19.0 Å². The molecule has 0 saturated carbocycles. The highest BCUT2D eigenvalue weighted by atomic mass is 19.4. The Balaban J connectivity index is 1.34. The molecule has 2 aliphatic rings. The lowest BCUT2D eigenvalue weighted by atomic mass is 10.1. The molecule has 0 N–H and O–H groups in total. The van der Waals surface area contributed by atoms with Crippen molar-refractivity contribution in [3.05, 3.63) is 47.7 Å². The van der Waals surface area contributed by atoms with Crippen molar-refractivity contribution in [3.8, 4) is 11.5 Å². The minimum absolute atomic E-state index is 0.565. The Morgan fingerprint density at radius 3 is 2.33 bits per heavy atom. The first-order chi connectivity index (χ1) is 13.0. The molecule has 0 unspecified atom stereocenters. The van der Waals surface area contributed by atoms with Gasteiger partial charge in [0.25, 0.3) is 0 Å². The molecule has 1 saturated heterocycles. The van der Waals surface area contributed by atoms with Gasteiger partial charge in [0.1, 0.15) is 19.0 Å². The van der Waals surface area contributed by atoms with Crippen molar-refractivity contribution in [1.29, 1.82) is 0 Å². The molecule has 0 bridgehead atoms. The second-order valence-electron chi connectivity index (χ2n) is 6.64. The standard InChI is InChI=1S/C19H20F3N3O2/c20-19(21,22)15-2-4-18(23-12-15)25-7-5-24(6-8-25)13-14-1-3-16-17(11-14)27-10-9-26-16/h1-4,11-12H,5-10,13H2. The fourth-order valence-electron chi connectivity index (χ4n) is 3.32. The molecule has 0 aliphatic carbocycles. The number of halogens is 3. The molecule has 1 aromatic carbocycles. The van der Waals surface area contributed by atoms with Crippen LogP contribution in [0.5, 0.6) is 11.5 Å². The van der Waals surface area contributed by atoms with Crippen molar-refractivity contribution in [1.82, 2.24) is 9.88 Å². The van der Waals surface area contributed by atoms with Crippen LogP contribution in [0.3, 0.4) is 0 Å².